The number of ketones is 1. The lowest BCUT2D eigenvalue weighted by atomic mass is 9.98. The molecule has 0 aromatic heterocycles. The second-order valence-electron chi connectivity index (χ2n) is 7.26. The number of benzene rings is 3. The maximum absolute atomic E-state index is 13.1. The number of thioether (sulfide) groups is 1. The Morgan fingerprint density at radius 1 is 0.914 bits per heavy atom. The van der Waals surface area contributed by atoms with Gasteiger partial charge in [0.25, 0.3) is 11.7 Å². The number of carbonyl (C=O) groups is 3. The number of ether oxygens (including phenoxy) is 3. The minimum Gasteiger partial charge on any atom is -0.486 e. The van der Waals surface area contributed by atoms with Gasteiger partial charge in [0.2, 0.25) is 0 Å². The van der Waals surface area contributed by atoms with Crippen LogP contribution in [-0.2, 0) is 9.53 Å². The quantitative estimate of drug-likeness (QED) is 0.271. The Labute approximate surface area is 203 Å². The molecule has 1 aliphatic rings. The van der Waals surface area contributed by atoms with Crippen LogP contribution in [0.25, 0.3) is 0 Å². The van der Waals surface area contributed by atoms with E-state index in [9.17, 15) is 23.2 Å². The van der Waals surface area contributed by atoms with Crippen molar-refractivity contribution in [3.8, 4) is 11.5 Å². The Bertz CT molecular complexity index is 1250. The molecule has 0 saturated carbocycles. The number of anilines is 1. The molecule has 3 aromatic carbocycles. The molecule has 0 unspecified atom stereocenters. The van der Waals surface area contributed by atoms with Crippen LogP contribution in [0.3, 0.4) is 0 Å². The molecule has 0 bridgehead atoms. The average molecular weight is 499 g/mol. The molecule has 0 spiro atoms. The van der Waals surface area contributed by atoms with Gasteiger partial charge in [0.05, 0.1) is 5.56 Å². The third-order valence-electron chi connectivity index (χ3n) is 4.89. The van der Waals surface area contributed by atoms with E-state index in [4.69, 9.17) is 14.2 Å². The predicted octanol–water partition coefficient (Wildman–Crippen LogP) is 4.80. The molecular formula is C25H19F2NO6S. The fraction of sp³-hybridized carbons (Fsp3) is 0.160. The van der Waals surface area contributed by atoms with E-state index >= 15 is 0 Å². The van der Waals surface area contributed by atoms with Gasteiger partial charge in [-0.3, -0.25) is 9.59 Å². The molecule has 0 fully saturated rings. The molecule has 1 aliphatic heterocycles. The van der Waals surface area contributed by atoms with E-state index in [1.807, 2.05) is 0 Å². The van der Waals surface area contributed by atoms with Gasteiger partial charge in [0.15, 0.2) is 23.9 Å². The van der Waals surface area contributed by atoms with E-state index in [1.54, 1.807) is 30.3 Å². The van der Waals surface area contributed by atoms with Crippen LogP contribution >= 0.6 is 11.8 Å². The van der Waals surface area contributed by atoms with Gasteiger partial charge in [0, 0.05) is 21.7 Å². The van der Waals surface area contributed by atoms with E-state index in [0.717, 1.165) is 0 Å². The Morgan fingerprint density at radius 3 is 2.31 bits per heavy atom. The van der Waals surface area contributed by atoms with Gasteiger partial charge in [0.1, 0.15) is 13.2 Å². The number of alkyl halides is 2. The van der Waals surface area contributed by atoms with Crippen LogP contribution < -0.4 is 14.8 Å². The van der Waals surface area contributed by atoms with Crippen molar-refractivity contribution in [3.05, 3.63) is 83.4 Å². The maximum atomic E-state index is 13.1. The molecule has 180 valence electrons. The number of nitrogens with one attached hydrogen (secondary N) is 1. The number of fused-ring (bicyclic) bond motifs is 1. The number of rotatable bonds is 8. The van der Waals surface area contributed by atoms with Crippen molar-refractivity contribution in [2.24, 2.45) is 0 Å². The number of carbonyl (C=O) groups excluding carboxylic acids is 3. The fourth-order valence-electron chi connectivity index (χ4n) is 3.32. The molecule has 35 heavy (non-hydrogen) atoms. The summed E-state index contributed by atoms with van der Waals surface area (Å²) in [5.74, 6) is -3.44. The zero-order valence-electron chi connectivity index (χ0n) is 18.2. The molecule has 0 radical (unpaired) electrons. The summed E-state index contributed by atoms with van der Waals surface area (Å²) in [5.41, 5.74) is 0.787. The van der Waals surface area contributed by atoms with E-state index in [2.05, 4.69) is 5.32 Å². The van der Waals surface area contributed by atoms with Gasteiger partial charge in [-0.1, -0.05) is 30.0 Å². The van der Waals surface area contributed by atoms with Crippen molar-refractivity contribution < 1.29 is 37.4 Å². The average Bonchev–Trinajstić information content (AvgIpc) is 2.87. The smallest absolute Gasteiger partial charge is 0.339 e. The molecule has 1 amide bonds. The first-order chi connectivity index (χ1) is 16.9. The van der Waals surface area contributed by atoms with E-state index in [0.29, 0.717) is 52.6 Å². The Hall–Kier alpha value is -3.92. The van der Waals surface area contributed by atoms with Crippen LogP contribution in [0.4, 0.5) is 14.5 Å². The molecule has 1 N–H and O–H groups in total. The normalized spacial score (nSPS) is 12.2. The Balaban J connectivity index is 1.39. The summed E-state index contributed by atoms with van der Waals surface area (Å²) < 4.78 is 40.9. The van der Waals surface area contributed by atoms with Crippen LogP contribution in [-0.4, -0.2) is 43.2 Å². The van der Waals surface area contributed by atoms with Crippen LogP contribution in [0.2, 0.25) is 0 Å². The van der Waals surface area contributed by atoms with Crippen LogP contribution in [0.5, 0.6) is 11.5 Å². The number of amides is 1. The highest BCUT2D eigenvalue weighted by Crippen LogP contribution is 2.32. The van der Waals surface area contributed by atoms with Crippen LogP contribution in [0, 0.1) is 0 Å². The third-order valence-corrected chi connectivity index (χ3v) is 5.62. The van der Waals surface area contributed by atoms with Crippen LogP contribution in [0.1, 0.15) is 26.3 Å². The highest BCUT2D eigenvalue weighted by molar-refractivity contribution is 7.99. The summed E-state index contributed by atoms with van der Waals surface area (Å²) >= 11 is 0.390. The minimum atomic E-state index is -2.54. The highest BCUT2D eigenvalue weighted by atomic mass is 32.2. The van der Waals surface area contributed by atoms with Crippen LogP contribution in [0.15, 0.2) is 71.6 Å². The molecule has 3 aromatic rings. The van der Waals surface area contributed by atoms with E-state index in [1.165, 1.54) is 36.4 Å². The second-order valence-corrected chi connectivity index (χ2v) is 8.32. The molecule has 4 rings (SSSR count). The molecule has 0 saturated heterocycles. The van der Waals surface area contributed by atoms with Gasteiger partial charge in [-0.2, -0.15) is 8.78 Å². The lowest BCUT2D eigenvalue weighted by molar-refractivity contribution is -0.119. The largest absolute Gasteiger partial charge is 0.486 e. The number of hydrogen-bond acceptors (Lipinski definition) is 7. The summed E-state index contributed by atoms with van der Waals surface area (Å²) in [4.78, 5) is 38.3. The Morgan fingerprint density at radius 2 is 1.60 bits per heavy atom. The zero-order chi connectivity index (χ0) is 24.8. The first kappa shape index (κ1) is 24.2. The number of esters is 1. The van der Waals surface area contributed by atoms with Crippen molar-refractivity contribution in [1.82, 2.24) is 0 Å². The van der Waals surface area contributed by atoms with Gasteiger partial charge >= 0.3 is 5.97 Å². The molecule has 7 nitrogen and oxygen atoms in total. The van der Waals surface area contributed by atoms with Gasteiger partial charge in [-0.15, -0.1) is 0 Å². The van der Waals surface area contributed by atoms with Gasteiger partial charge in [-0.05, 0) is 48.5 Å². The summed E-state index contributed by atoms with van der Waals surface area (Å²) in [7, 11) is 0. The van der Waals surface area contributed by atoms with Gasteiger partial charge < -0.3 is 19.5 Å². The van der Waals surface area contributed by atoms with E-state index in [-0.39, 0.29) is 11.1 Å². The summed E-state index contributed by atoms with van der Waals surface area (Å²) in [6, 6.07) is 16.7. The number of halogens is 2. The minimum absolute atomic E-state index is 0.00793. The standard InChI is InChI=1S/C25H19F2NO6S/c26-25(27)35-17-8-6-16(7-9-17)28-22(29)14-34-24(31)19-4-2-1-3-18(19)23(30)15-5-10-20-21(13-15)33-12-11-32-20/h1-10,13,25H,11-12,14H2,(H,28,29). The molecule has 10 heteroatoms. The topological polar surface area (TPSA) is 90.9 Å². The number of hydrogen-bond donors (Lipinski definition) is 1. The summed E-state index contributed by atoms with van der Waals surface area (Å²) in [6.07, 6.45) is 0. The fourth-order valence-corrected chi connectivity index (χ4v) is 3.82. The molecule has 0 atom stereocenters. The SMILES string of the molecule is O=C(COC(=O)c1ccccc1C(=O)c1ccc2c(c1)OCCO2)Nc1ccc(SC(F)F)cc1. The molecule has 0 aliphatic carbocycles. The first-order valence-electron chi connectivity index (χ1n) is 10.5. The maximum Gasteiger partial charge on any atom is 0.339 e. The van der Waals surface area contributed by atoms with E-state index < -0.39 is 30.0 Å². The summed E-state index contributed by atoms with van der Waals surface area (Å²) in [6.45, 7) is 0.193. The first-order valence-corrected chi connectivity index (χ1v) is 11.3. The molecule has 1 heterocycles. The van der Waals surface area contributed by atoms with Crippen molar-refractivity contribution in [3.63, 3.8) is 0 Å². The lowest BCUT2D eigenvalue weighted by Crippen LogP contribution is -2.22. The van der Waals surface area contributed by atoms with Gasteiger partial charge in [-0.25, -0.2) is 4.79 Å². The van der Waals surface area contributed by atoms with Crippen molar-refractivity contribution >= 4 is 35.1 Å². The lowest BCUT2D eigenvalue weighted by Gasteiger charge is -2.18. The molecular weight excluding hydrogens is 480 g/mol. The Kier molecular flexibility index (Phi) is 7.61. The monoisotopic (exact) mass is 499 g/mol. The van der Waals surface area contributed by atoms with Crippen molar-refractivity contribution in [1.29, 1.82) is 0 Å². The zero-order valence-corrected chi connectivity index (χ0v) is 19.0. The van der Waals surface area contributed by atoms with Crippen molar-refractivity contribution in [2.45, 2.75) is 10.7 Å². The summed E-state index contributed by atoms with van der Waals surface area (Å²) in [5, 5.41) is 2.52. The predicted molar refractivity (Wildman–Crippen MR) is 125 cm³/mol. The second kappa shape index (κ2) is 11.0. The van der Waals surface area contributed by atoms with Crippen molar-refractivity contribution in [2.75, 3.05) is 25.1 Å². The highest BCUT2D eigenvalue weighted by Gasteiger charge is 2.22. The third kappa shape index (κ3) is 6.15.